The lowest BCUT2D eigenvalue weighted by atomic mass is 9.97. The van der Waals surface area contributed by atoms with Gasteiger partial charge in [0, 0.05) is 19.6 Å². The number of carbonyl (C=O) groups excluding carboxylic acids is 1. The number of hydrogen-bond acceptors (Lipinski definition) is 2. The van der Waals surface area contributed by atoms with Gasteiger partial charge in [0.15, 0.2) is 11.6 Å². The molecule has 0 fully saturated rings. The van der Waals surface area contributed by atoms with Gasteiger partial charge in [0.05, 0.1) is 5.92 Å². The number of carbonyl (C=O) groups is 1. The van der Waals surface area contributed by atoms with Gasteiger partial charge in [-0.25, -0.2) is 8.78 Å². The Labute approximate surface area is 112 Å². The largest absolute Gasteiger partial charge is 0.343 e. The van der Waals surface area contributed by atoms with Crippen LogP contribution in [0.3, 0.4) is 0 Å². The third kappa shape index (κ3) is 3.73. The Hall–Kier alpha value is -1.49. The average molecular weight is 270 g/mol. The van der Waals surface area contributed by atoms with Crippen LogP contribution >= 0.6 is 0 Å². The summed E-state index contributed by atoms with van der Waals surface area (Å²) in [6, 6.07) is 3.97. The van der Waals surface area contributed by atoms with Crippen molar-refractivity contribution in [1.82, 2.24) is 4.90 Å². The summed E-state index contributed by atoms with van der Waals surface area (Å²) in [6.45, 7) is 5.02. The summed E-state index contributed by atoms with van der Waals surface area (Å²) in [4.78, 5) is 13.8. The molecule has 0 saturated carbocycles. The van der Waals surface area contributed by atoms with Crippen molar-refractivity contribution in [2.45, 2.75) is 20.3 Å². The van der Waals surface area contributed by atoms with Gasteiger partial charge in [-0.3, -0.25) is 4.79 Å². The zero-order valence-electron chi connectivity index (χ0n) is 11.3. The van der Waals surface area contributed by atoms with Crippen molar-refractivity contribution < 1.29 is 13.6 Å². The molecule has 1 aromatic rings. The summed E-state index contributed by atoms with van der Waals surface area (Å²) in [7, 11) is 0. The van der Waals surface area contributed by atoms with E-state index in [0.29, 0.717) is 13.1 Å². The number of halogens is 2. The Bertz CT molecular complexity index is 433. The van der Waals surface area contributed by atoms with Crippen molar-refractivity contribution in [2.75, 3.05) is 19.6 Å². The second-order valence-electron chi connectivity index (χ2n) is 4.36. The van der Waals surface area contributed by atoms with E-state index in [9.17, 15) is 13.6 Å². The fraction of sp³-hybridized carbons (Fsp3) is 0.500. The first-order chi connectivity index (χ1) is 9.04. The molecule has 3 nitrogen and oxygen atoms in total. The van der Waals surface area contributed by atoms with Gasteiger partial charge in [-0.05, 0) is 31.9 Å². The molecule has 0 bridgehead atoms. The van der Waals surface area contributed by atoms with Crippen LogP contribution < -0.4 is 5.73 Å². The third-order valence-electron chi connectivity index (χ3n) is 3.21. The highest BCUT2D eigenvalue weighted by Gasteiger charge is 2.23. The smallest absolute Gasteiger partial charge is 0.227 e. The molecule has 2 N–H and O–H groups in total. The van der Waals surface area contributed by atoms with Gasteiger partial charge in [0.1, 0.15) is 0 Å². The molecule has 0 radical (unpaired) electrons. The van der Waals surface area contributed by atoms with E-state index in [2.05, 4.69) is 0 Å². The first-order valence-corrected chi connectivity index (χ1v) is 6.46. The molecule has 0 aliphatic carbocycles. The summed E-state index contributed by atoms with van der Waals surface area (Å²) in [6.07, 6.45) is 0.120. The monoisotopic (exact) mass is 270 g/mol. The van der Waals surface area contributed by atoms with Crippen LogP contribution in [0.15, 0.2) is 18.2 Å². The minimum Gasteiger partial charge on any atom is -0.343 e. The molecule has 1 rings (SSSR count). The van der Waals surface area contributed by atoms with E-state index in [-0.39, 0.29) is 24.4 Å². The van der Waals surface area contributed by atoms with E-state index in [1.807, 2.05) is 13.8 Å². The number of hydrogen-bond donors (Lipinski definition) is 1. The van der Waals surface area contributed by atoms with Crippen molar-refractivity contribution in [3.8, 4) is 0 Å². The number of nitrogens with two attached hydrogens (primary N) is 1. The average Bonchev–Trinajstić information content (AvgIpc) is 2.41. The van der Waals surface area contributed by atoms with Gasteiger partial charge in [0.25, 0.3) is 0 Å². The van der Waals surface area contributed by atoms with Gasteiger partial charge < -0.3 is 10.6 Å². The van der Waals surface area contributed by atoms with E-state index < -0.39 is 17.6 Å². The molecule has 0 aromatic heterocycles. The van der Waals surface area contributed by atoms with Crippen LogP contribution in [0.5, 0.6) is 0 Å². The summed E-state index contributed by atoms with van der Waals surface area (Å²) >= 11 is 0. The predicted octanol–water partition coefficient (Wildman–Crippen LogP) is 1.95. The van der Waals surface area contributed by atoms with Gasteiger partial charge in [-0.2, -0.15) is 0 Å². The minimum absolute atomic E-state index is 0.115. The molecule has 0 aliphatic heterocycles. The molecule has 1 atom stereocenters. The van der Waals surface area contributed by atoms with Gasteiger partial charge in [0.2, 0.25) is 5.91 Å². The molecule has 1 unspecified atom stereocenters. The summed E-state index contributed by atoms with van der Waals surface area (Å²) in [5, 5.41) is 0. The van der Waals surface area contributed by atoms with Crippen molar-refractivity contribution in [2.24, 2.45) is 11.7 Å². The zero-order valence-corrected chi connectivity index (χ0v) is 11.3. The quantitative estimate of drug-likeness (QED) is 0.859. The molecular formula is C14H20F2N2O. The lowest BCUT2D eigenvalue weighted by Gasteiger charge is -2.24. The zero-order chi connectivity index (χ0) is 14.4. The molecular weight excluding hydrogens is 250 g/mol. The molecule has 5 heteroatoms. The van der Waals surface area contributed by atoms with Crippen LogP contribution in [0, 0.1) is 17.6 Å². The van der Waals surface area contributed by atoms with Crippen molar-refractivity contribution in [3.05, 3.63) is 35.4 Å². The second-order valence-corrected chi connectivity index (χ2v) is 4.36. The van der Waals surface area contributed by atoms with Crippen LogP contribution in [-0.2, 0) is 11.2 Å². The molecule has 0 spiro atoms. The standard InChI is InChI=1S/C14H20F2N2O/c1-3-18(4-2)14(19)11(9-17)8-10-6-5-7-12(15)13(10)16/h5-7,11H,3-4,8-9,17H2,1-2H3. The summed E-state index contributed by atoms with van der Waals surface area (Å²) in [5.74, 6) is -2.43. The van der Waals surface area contributed by atoms with Crippen molar-refractivity contribution >= 4 is 5.91 Å². The number of nitrogens with zero attached hydrogens (tertiary/aromatic N) is 1. The van der Waals surface area contributed by atoms with Crippen LogP contribution in [-0.4, -0.2) is 30.4 Å². The molecule has 106 valence electrons. The summed E-state index contributed by atoms with van der Waals surface area (Å²) in [5.41, 5.74) is 5.78. The van der Waals surface area contributed by atoms with Crippen LogP contribution in [0.25, 0.3) is 0 Å². The van der Waals surface area contributed by atoms with E-state index in [1.54, 1.807) is 4.90 Å². The number of rotatable bonds is 6. The van der Waals surface area contributed by atoms with Gasteiger partial charge >= 0.3 is 0 Å². The second kappa shape index (κ2) is 7.19. The van der Waals surface area contributed by atoms with Crippen molar-refractivity contribution in [1.29, 1.82) is 0 Å². The van der Waals surface area contributed by atoms with Crippen LogP contribution in [0.4, 0.5) is 8.78 Å². The minimum atomic E-state index is -0.899. The highest BCUT2D eigenvalue weighted by molar-refractivity contribution is 5.79. The van der Waals surface area contributed by atoms with Crippen LogP contribution in [0.2, 0.25) is 0 Å². The number of benzene rings is 1. The lowest BCUT2D eigenvalue weighted by Crippen LogP contribution is -2.40. The fourth-order valence-electron chi connectivity index (χ4n) is 2.04. The Kier molecular flexibility index (Phi) is 5.89. The normalized spacial score (nSPS) is 12.3. The Morgan fingerprint density at radius 3 is 2.47 bits per heavy atom. The maximum Gasteiger partial charge on any atom is 0.227 e. The topological polar surface area (TPSA) is 46.3 Å². The molecule has 0 heterocycles. The maximum absolute atomic E-state index is 13.6. The predicted molar refractivity (Wildman–Crippen MR) is 70.5 cm³/mol. The molecule has 1 amide bonds. The third-order valence-corrected chi connectivity index (χ3v) is 3.21. The molecule has 0 aliphatic rings. The van der Waals surface area contributed by atoms with E-state index in [1.165, 1.54) is 12.1 Å². The summed E-state index contributed by atoms with van der Waals surface area (Å²) < 4.78 is 26.7. The number of amides is 1. The van der Waals surface area contributed by atoms with E-state index >= 15 is 0 Å². The van der Waals surface area contributed by atoms with E-state index in [4.69, 9.17) is 5.73 Å². The first-order valence-electron chi connectivity index (χ1n) is 6.46. The van der Waals surface area contributed by atoms with Crippen molar-refractivity contribution in [3.63, 3.8) is 0 Å². The first kappa shape index (κ1) is 15.6. The molecule has 1 aromatic carbocycles. The highest BCUT2D eigenvalue weighted by atomic mass is 19.2. The Morgan fingerprint density at radius 1 is 1.32 bits per heavy atom. The Balaban J connectivity index is 2.87. The Morgan fingerprint density at radius 2 is 1.95 bits per heavy atom. The lowest BCUT2D eigenvalue weighted by molar-refractivity contribution is -0.134. The van der Waals surface area contributed by atoms with Gasteiger partial charge in [-0.15, -0.1) is 0 Å². The fourth-order valence-corrected chi connectivity index (χ4v) is 2.04. The SMILES string of the molecule is CCN(CC)C(=O)C(CN)Cc1cccc(F)c1F. The van der Waals surface area contributed by atoms with E-state index in [0.717, 1.165) is 6.07 Å². The van der Waals surface area contributed by atoms with Gasteiger partial charge in [-0.1, -0.05) is 12.1 Å². The highest BCUT2D eigenvalue weighted by Crippen LogP contribution is 2.17. The van der Waals surface area contributed by atoms with Crippen LogP contribution in [0.1, 0.15) is 19.4 Å². The molecule has 0 saturated heterocycles. The maximum atomic E-state index is 13.6. The molecule has 19 heavy (non-hydrogen) atoms.